The van der Waals surface area contributed by atoms with Crippen LogP contribution >= 0.6 is 0 Å². The molecule has 0 saturated carbocycles. The highest BCUT2D eigenvalue weighted by molar-refractivity contribution is 5.79. The highest BCUT2D eigenvalue weighted by atomic mass is 16.1. The van der Waals surface area contributed by atoms with Gasteiger partial charge in [-0.2, -0.15) is 5.26 Å². The zero-order valence-corrected chi connectivity index (χ0v) is 9.15. The van der Waals surface area contributed by atoms with Crippen LogP contribution in [0.25, 0.3) is 0 Å². The Hall–Kier alpha value is -1.12. The Morgan fingerprint density at radius 3 is 2.47 bits per heavy atom. The predicted molar refractivity (Wildman–Crippen MR) is 56.9 cm³/mol. The van der Waals surface area contributed by atoms with Gasteiger partial charge in [-0.25, -0.2) is 0 Å². The fraction of sp³-hybridized carbons (Fsp3) is 0.800. The number of nitriles is 1. The van der Waals surface area contributed by atoms with Crippen LogP contribution in [0.3, 0.4) is 0 Å². The molecule has 84 valence electrons. The summed E-state index contributed by atoms with van der Waals surface area (Å²) in [6.07, 6.45) is 0.758. The van der Waals surface area contributed by atoms with Gasteiger partial charge in [0.05, 0.1) is 18.7 Å². The molecule has 1 aliphatic heterocycles. The Morgan fingerprint density at radius 2 is 2.07 bits per heavy atom. The standard InChI is InChI=1S/C10H18N4O/c1-2-9(10(12)15)14-7-5-13(4-3-11)6-8-14/h9H,2,4-8H2,1H3,(H2,12,15). The molecular weight excluding hydrogens is 192 g/mol. The second kappa shape index (κ2) is 5.69. The molecule has 0 spiro atoms. The quantitative estimate of drug-likeness (QED) is 0.628. The van der Waals surface area contributed by atoms with E-state index in [2.05, 4.69) is 15.9 Å². The second-order valence-corrected chi connectivity index (χ2v) is 3.80. The molecule has 15 heavy (non-hydrogen) atoms. The minimum Gasteiger partial charge on any atom is -0.368 e. The predicted octanol–water partition coefficient (Wildman–Crippen LogP) is -0.609. The fourth-order valence-electron chi connectivity index (χ4n) is 1.97. The lowest BCUT2D eigenvalue weighted by atomic mass is 10.1. The summed E-state index contributed by atoms with van der Waals surface area (Å²) in [4.78, 5) is 15.3. The van der Waals surface area contributed by atoms with Gasteiger partial charge in [-0.05, 0) is 6.42 Å². The number of hydrogen-bond donors (Lipinski definition) is 1. The van der Waals surface area contributed by atoms with Gasteiger partial charge in [0.15, 0.2) is 0 Å². The SMILES string of the molecule is CCC(C(N)=O)N1CCN(CC#N)CC1. The molecule has 0 radical (unpaired) electrons. The van der Waals surface area contributed by atoms with E-state index in [1.165, 1.54) is 0 Å². The van der Waals surface area contributed by atoms with Gasteiger partial charge in [-0.3, -0.25) is 14.6 Å². The van der Waals surface area contributed by atoms with Gasteiger partial charge in [0.2, 0.25) is 5.91 Å². The number of carbonyl (C=O) groups excluding carboxylic acids is 1. The topological polar surface area (TPSA) is 73.4 Å². The number of primary amides is 1. The van der Waals surface area contributed by atoms with Crippen LogP contribution in [-0.4, -0.2) is 54.5 Å². The van der Waals surface area contributed by atoms with E-state index in [4.69, 9.17) is 11.0 Å². The molecule has 1 rings (SSSR count). The molecule has 1 amide bonds. The van der Waals surface area contributed by atoms with Crippen LogP contribution in [0.2, 0.25) is 0 Å². The maximum absolute atomic E-state index is 11.2. The number of carbonyl (C=O) groups is 1. The molecule has 1 fully saturated rings. The monoisotopic (exact) mass is 210 g/mol. The number of nitrogens with two attached hydrogens (primary N) is 1. The van der Waals surface area contributed by atoms with Crippen molar-refractivity contribution < 1.29 is 4.79 Å². The summed E-state index contributed by atoms with van der Waals surface area (Å²) in [6, 6.07) is 1.99. The molecule has 1 saturated heterocycles. The van der Waals surface area contributed by atoms with Crippen LogP contribution in [0.15, 0.2) is 0 Å². The van der Waals surface area contributed by atoms with Crippen LogP contribution in [-0.2, 0) is 4.79 Å². The normalized spacial score (nSPS) is 20.8. The van der Waals surface area contributed by atoms with E-state index in [1.807, 2.05) is 6.92 Å². The van der Waals surface area contributed by atoms with Crippen molar-refractivity contribution in [3.63, 3.8) is 0 Å². The zero-order chi connectivity index (χ0) is 11.3. The summed E-state index contributed by atoms with van der Waals surface area (Å²) in [5, 5.41) is 8.55. The second-order valence-electron chi connectivity index (χ2n) is 3.80. The third-order valence-electron chi connectivity index (χ3n) is 2.86. The maximum atomic E-state index is 11.2. The zero-order valence-electron chi connectivity index (χ0n) is 9.15. The average Bonchev–Trinajstić information content (AvgIpc) is 2.21. The lowest BCUT2D eigenvalue weighted by molar-refractivity contribution is -0.124. The van der Waals surface area contributed by atoms with E-state index >= 15 is 0 Å². The molecular formula is C10H18N4O. The molecule has 5 nitrogen and oxygen atoms in total. The Bertz CT molecular complexity index is 253. The van der Waals surface area contributed by atoms with Crippen molar-refractivity contribution in [3.8, 4) is 6.07 Å². The van der Waals surface area contributed by atoms with Crippen molar-refractivity contribution in [2.45, 2.75) is 19.4 Å². The number of piperazine rings is 1. The highest BCUT2D eigenvalue weighted by Crippen LogP contribution is 2.08. The molecule has 0 aromatic carbocycles. The van der Waals surface area contributed by atoms with Crippen molar-refractivity contribution in [3.05, 3.63) is 0 Å². The Morgan fingerprint density at radius 1 is 1.47 bits per heavy atom. The summed E-state index contributed by atoms with van der Waals surface area (Å²) >= 11 is 0. The fourth-order valence-corrected chi connectivity index (χ4v) is 1.97. The van der Waals surface area contributed by atoms with Crippen LogP contribution in [0, 0.1) is 11.3 Å². The van der Waals surface area contributed by atoms with E-state index in [0.29, 0.717) is 6.54 Å². The van der Waals surface area contributed by atoms with Gasteiger partial charge in [0, 0.05) is 26.2 Å². The van der Waals surface area contributed by atoms with Gasteiger partial charge in [0.1, 0.15) is 0 Å². The molecule has 1 atom stereocenters. The Labute approximate surface area is 90.4 Å². The van der Waals surface area contributed by atoms with Gasteiger partial charge >= 0.3 is 0 Å². The Kier molecular flexibility index (Phi) is 4.53. The third-order valence-corrected chi connectivity index (χ3v) is 2.86. The number of hydrogen-bond acceptors (Lipinski definition) is 4. The van der Waals surface area contributed by atoms with Crippen molar-refractivity contribution in [1.82, 2.24) is 9.80 Å². The molecule has 1 unspecified atom stereocenters. The lowest BCUT2D eigenvalue weighted by Gasteiger charge is -2.36. The van der Waals surface area contributed by atoms with E-state index in [1.54, 1.807) is 0 Å². The van der Waals surface area contributed by atoms with E-state index in [-0.39, 0.29) is 11.9 Å². The van der Waals surface area contributed by atoms with Gasteiger partial charge < -0.3 is 5.73 Å². The Balaban J connectivity index is 2.42. The van der Waals surface area contributed by atoms with Crippen LogP contribution in [0.5, 0.6) is 0 Å². The summed E-state index contributed by atoms with van der Waals surface area (Å²) in [6.45, 7) is 5.78. The lowest BCUT2D eigenvalue weighted by Crippen LogP contribution is -2.53. The van der Waals surface area contributed by atoms with Gasteiger partial charge in [0.25, 0.3) is 0 Å². The molecule has 2 N–H and O–H groups in total. The van der Waals surface area contributed by atoms with Gasteiger partial charge in [-0.15, -0.1) is 0 Å². The summed E-state index contributed by atoms with van der Waals surface area (Å²) in [5.41, 5.74) is 5.32. The van der Waals surface area contributed by atoms with Crippen molar-refractivity contribution in [2.75, 3.05) is 32.7 Å². The summed E-state index contributed by atoms with van der Waals surface area (Å²) in [7, 11) is 0. The van der Waals surface area contributed by atoms with Crippen LogP contribution in [0.4, 0.5) is 0 Å². The number of nitrogens with zero attached hydrogens (tertiary/aromatic N) is 3. The molecule has 0 bridgehead atoms. The van der Waals surface area contributed by atoms with E-state index in [9.17, 15) is 4.79 Å². The first kappa shape index (κ1) is 12.0. The minimum absolute atomic E-state index is 0.144. The molecule has 5 heteroatoms. The molecule has 0 aromatic heterocycles. The first-order valence-corrected chi connectivity index (χ1v) is 5.31. The van der Waals surface area contributed by atoms with Crippen molar-refractivity contribution >= 4 is 5.91 Å². The van der Waals surface area contributed by atoms with Gasteiger partial charge in [-0.1, -0.05) is 6.92 Å². The number of amides is 1. The van der Waals surface area contributed by atoms with Crippen molar-refractivity contribution in [1.29, 1.82) is 5.26 Å². The van der Waals surface area contributed by atoms with Crippen LogP contribution in [0.1, 0.15) is 13.3 Å². The largest absolute Gasteiger partial charge is 0.368 e. The van der Waals surface area contributed by atoms with Crippen LogP contribution < -0.4 is 5.73 Å². The average molecular weight is 210 g/mol. The molecule has 1 aliphatic rings. The molecule has 1 heterocycles. The minimum atomic E-state index is -0.244. The summed E-state index contributed by atoms with van der Waals surface area (Å²) < 4.78 is 0. The molecule has 0 aliphatic carbocycles. The molecule has 0 aromatic rings. The third kappa shape index (κ3) is 3.18. The van der Waals surface area contributed by atoms with Crippen molar-refractivity contribution in [2.24, 2.45) is 5.73 Å². The smallest absolute Gasteiger partial charge is 0.234 e. The van der Waals surface area contributed by atoms with E-state index in [0.717, 1.165) is 32.6 Å². The first-order valence-electron chi connectivity index (χ1n) is 5.31. The maximum Gasteiger partial charge on any atom is 0.234 e. The van der Waals surface area contributed by atoms with E-state index < -0.39 is 0 Å². The number of rotatable bonds is 4. The highest BCUT2D eigenvalue weighted by Gasteiger charge is 2.25. The summed E-state index contributed by atoms with van der Waals surface area (Å²) in [5.74, 6) is -0.244. The first-order chi connectivity index (χ1) is 7.19.